The summed E-state index contributed by atoms with van der Waals surface area (Å²) < 4.78 is 0. The lowest BCUT2D eigenvalue weighted by Crippen LogP contribution is -2.40. The first-order valence-corrected chi connectivity index (χ1v) is 7.31. The van der Waals surface area contributed by atoms with Gasteiger partial charge in [-0.2, -0.15) is 0 Å². The Balaban J connectivity index is 1.51. The monoisotopic (exact) mass is 218 g/mol. The van der Waals surface area contributed by atoms with E-state index in [2.05, 4.69) is 41.5 Å². The van der Waals surface area contributed by atoms with E-state index in [0.29, 0.717) is 5.41 Å². The fourth-order valence-corrected chi connectivity index (χ4v) is 6.71. The van der Waals surface area contributed by atoms with Gasteiger partial charge in [-0.05, 0) is 58.2 Å². The molecule has 7 unspecified atom stereocenters. The highest BCUT2D eigenvalue weighted by molar-refractivity contribution is 5.38. The molecule has 0 N–H and O–H groups in total. The summed E-state index contributed by atoms with van der Waals surface area (Å²) in [7, 11) is 0. The zero-order chi connectivity index (χ0) is 11.7. The number of hydrogen-bond acceptors (Lipinski definition) is 0. The summed E-state index contributed by atoms with van der Waals surface area (Å²) >= 11 is 0. The molecule has 4 aliphatic carbocycles. The second-order valence-corrected chi connectivity index (χ2v) is 8.30. The standard InChI is InChI=1S/C16H26/c1-8-12-9(2)14(4,13(8)12)7-11-15(5)10(3)16(11,15)6/h8-13H,7H2,1-6H3. The molecule has 4 aliphatic rings. The first kappa shape index (κ1) is 9.97. The maximum Gasteiger partial charge on any atom is -0.0201 e. The Hall–Kier alpha value is 0. The Labute approximate surface area is 100 Å². The van der Waals surface area contributed by atoms with Gasteiger partial charge in [-0.25, -0.2) is 0 Å². The molecule has 16 heavy (non-hydrogen) atoms. The molecule has 0 bridgehead atoms. The van der Waals surface area contributed by atoms with Crippen molar-refractivity contribution in [1.29, 1.82) is 0 Å². The van der Waals surface area contributed by atoms with Crippen molar-refractivity contribution in [2.75, 3.05) is 0 Å². The van der Waals surface area contributed by atoms with Crippen molar-refractivity contribution in [2.45, 2.75) is 48.0 Å². The molecule has 7 atom stereocenters. The van der Waals surface area contributed by atoms with Gasteiger partial charge in [0.1, 0.15) is 0 Å². The molecule has 0 amide bonds. The zero-order valence-corrected chi connectivity index (χ0v) is 11.7. The van der Waals surface area contributed by atoms with E-state index >= 15 is 0 Å². The lowest BCUT2D eigenvalue weighted by Gasteiger charge is -2.46. The highest BCUT2D eigenvalue weighted by atomic mass is 14.9. The van der Waals surface area contributed by atoms with E-state index in [1.54, 1.807) is 0 Å². The minimum absolute atomic E-state index is 0.716. The average molecular weight is 218 g/mol. The van der Waals surface area contributed by atoms with Crippen LogP contribution in [0, 0.1) is 51.8 Å². The van der Waals surface area contributed by atoms with Gasteiger partial charge in [0, 0.05) is 0 Å². The van der Waals surface area contributed by atoms with Crippen molar-refractivity contribution in [3.8, 4) is 0 Å². The zero-order valence-electron chi connectivity index (χ0n) is 11.7. The van der Waals surface area contributed by atoms with E-state index in [0.717, 1.165) is 46.3 Å². The van der Waals surface area contributed by atoms with Crippen LogP contribution >= 0.6 is 0 Å². The third-order valence-electron chi connectivity index (χ3n) is 8.71. The molecule has 0 nitrogen and oxygen atoms in total. The van der Waals surface area contributed by atoms with Crippen molar-refractivity contribution in [3.05, 3.63) is 0 Å². The lowest BCUT2D eigenvalue weighted by molar-refractivity contribution is 0.0153. The van der Waals surface area contributed by atoms with E-state index in [-0.39, 0.29) is 0 Å². The van der Waals surface area contributed by atoms with E-state index < -0.39 is 0 Å². The van der Waals surface area contributed by atoms with Crippen LogP contribution in [0.1, 0.15) is 48.0 Å². The smallest absolute Gasteiger partial charge is 0.0201 e. The maximum absolute atomic E-state index is 2.59. The fraction of sp³-hybridized carbons (Fsp3) is 1.00. The van der Waals surface area contributed by atoms with Gasteiger partial charge in [-0.15, -0.1) is 0 Å². The number of hydrogen-bond donors (Lipinski definition) is 0. The van der Waals surface area contributed by atoms with Crippen molar-refractivity contribution in [2.24, 2.45) is 51.8 Å². The van der Waals surface area contributed by atoms with Crippen LogP contribution in [0.25, 0.3) is 0 Å². The first-order valence-electron chi connectivity index (χ1n) is 7.31. The first-order chi connectivity index (χ1) is 7.31. The third-order valence-corrected chi connectivity index (χ3v) is 8.71. The third kappa shape index (κ3) is 0.657. The van der Waals surface area contributed by atoms with Gasteiger partial charge >= 0.3 is 0 Å². The lowest BCUT2D eigenvalue weighted by atomic mass is 9.58. The predicted octanol–water partition coefficient (Wildman–Crippen LogP) is 4.21. The highest BCUT2D eigenvalue weighted by Gasteiger charge is 2.91. The molecule has 0 heteroatoms. The summed E-state index contributed by atoms with van der Waals surface area (Å²) in [4.78, 5) is 0. The Morgan fingerprint density at radius 2 is 1.50 bits per heavy atom. The van der Waals surface area contributed by atoms with Crippen molar-refractivity contribution in [3.63, 3.8) is 0 Å². The van der Waals surface area contributed by atoms with Crippen LogP contribution < -0.4 is 0 Å². The largest absolute Gasteiger partial charge is 0.0619 e. The summed E-state index contributed by atoms with van der Waals surface area (Å²) in [5.41, 5.74) is 2.21. The van der Waals surface area contributed by atoms with E-state index in [9.17, 15) is 0 Å². The molecule has 4 rings (SSSR count). The molecule has 0 aromatic rings. The number of rotatable bonds is 2. The summed E-state index contributed by atoms with van der Waals surface area (Å²) in [5.74, 6) is 6.35. The van der Waals surface area contributed by atoms with Gasteiger partial charge in [0.2, 0.25) is 0 Å². The maximum atomic E-state index is 2.59. The van der Waals surface area contributed by atoms with Crippen LogP contribution in [-0.4, -0.2) is 0 Å². The van der Waals surface area contributed by atoms with E-state index in [1.165, 1.54) is 6.42 Å². The molecule has 0 radical (unpaired) electrons. The minimum Gasteiger partial charge on any atom is -0.0619 e. The van der Waals surface area contributed by atoms with Crippen molar-refractivity contribution >= 4 is 0 Å². The number of fused-ring (bicyclic) bond motifs is 2. The molecule has 0 aliphatic heterocycles. The van der Waals surface area contributed by atoms with Crippen LogP contribution in [0.3, 0.4) is 0 Å². The van der Waals surface area contributed by atoms with Gasteiger partial charge in [0.15, 0.2) is 0 Å². The highest BCUT2D eigenvalue weighted by Crippen LogP contribution is 2.95. The Kier molecular flexibility index (Phi) is 1.34. The van der Waals surface area contributed by atoms with E-state index in [1.807, 2.05) is 0 Å². The fourth-order valence-electron chi connectivity index (χ4n) is 6.71. The molecule has 0 heterocycles. The van der Waals surface area contributed by atoms with Gasteiger partial charge in [-0.3, -0.25) is 0 Å². The van der Waals surface area contributed by atoms with Crippen LogP contribution in [0.15, 0.2) is 0 Å². The molecule has 90 valence electrons. The van der Waals surface area contributed by atoms with Gasteiger partial charge in [-0.1, -0.05) is 41.5 Å². The Morgan fingerprint density at radius 1 is 0.938 bits per heavy atom. The van der Waals surface area contributed by atoms with Crippen LogP contribution in [0.2, 0.25) is 0 Å². The molecule has 4 fully saturated rings. The second kappa shape index (κ2) is 2.15. The van der Waals surface area contributed by atoms with Crippen molar-refractivity contribution in [1.82, 2.24) is 0 Å². The minimum atomic E-state index is 0.716. The molecule has 4 saturated carbocycles. The SMILES string of the molecule is CC1C2C(C)C(C)(CC3C4(C)C(C)C34C)C12. The summed E-state index contributed by atoms with van der Waals surface area (Å²) in [6, 6.07) is 0. The molecule has 0 saturated heterocycles. The second-order valence-electron chi connectivity index (χ2n) is 8.30. The predicted molar refractivity (Wildman–Crippen MR) is 66.9 cm³/mol. The van der Waals surface area contributed by atoms with Crippen LogP contribution in [0.5, 0.6) is 0 Å². The topological polar surface area (TPSA) is 0 Å². The van der Waals surface area contributed by atoms with Crippen LogP contribution in [0.4, 0.5) is 0 Å². The van der Waals surface area contributed by atoms with Gasteiger partial charge in [0.25, 0.3) is 0 Å². The summed E-state index contributed by atoms with van der Waals surface area (Å²) in [6.07, 6.45) is 1.54. The summed E-state index contributed by atoms with van der Waals surface area (Å²) in [6.45, 7) is 15.2. The Bertz CT molecular complexity index is 361. The van der Waals surface area contributed by atoms with Gasteiger partial charge < -0.3 is 0 Å². The molecule has 0 spiro atoms. The van der Waals surface area contributed by atoms with Gasteiger partial charge in [0.05, 0.1) is 0 Å². The van der Waals surface area contributed by atoms with E-state index in [4.69, 9.17) is 0 Å². The Morgan fingerprint density at radius 3 is 1.88 bits per heavy atom. The average Bonchev–Trinajstić information content (AvgIpc) is 3.12. The normalized spacial score (nSPS) is 78.4. The van der Waals surface area contributed by atoms with Crippen molar-refractivity contribution < 1.29 is 0 Å². The molecular formula is C16H26. The summed E-state index contributed by atoms with van der Waals surface area (Å²) in [5, 5.41) is 0. The molecule has 0 aromatic heterocycles. The van der Waals surface area contributed by atoms with Crippen LogP contribution in [-0.2, 0) is 0 Å². The molecular weight excluding hydrogens is 192 g/mol. The quantitative estimate of drug-likeness (QED) is 0.651. The molecule has 0 aromatic carbocycles.